The normalized spacial score (nSPS) is 8.83. The number of rotatable bonds is 8. The molecule has 0 saturated carbocycles. The molecule has 6 heterocycles. The average molecular weight is 962 g/mol. The molecular weight excluding hydrogens is 883 g/mol. The molecule has 4 N–H and O–H groups in total. The summed E-state index contributed by atoms with van der Waals surface area (Å²) in [4.78, 5) is 43.6. The number of anilines is 2. The Labute approximate surface area is 417 Å². The van der Waals surface area contributed by atoms with Crippen molar-refractivity contribution in [1.82, 2.24) is 54.8 Å². The number of amides is 4. The Bertz CT molecular complexity index is 2330. The number of carbonyl (C=O) groups excluding carboxylic acids is 2. The van der Waals surface area contributed by atoms with E-state index >= 15 is 0 Å². The Morgan fingerprint density at radius 2 is 0.829 bits per heavy atom. The smallest absolute Gasteiger partial charge is 0.322 e. The number of hydrogen-bond acceptors (Lipinski definition) is 11. The van der Waals surface area contributed by atoms with Gasteiger partial charge < -0.3 is 30.7 Å². The van der Waals surface area contributed by atoms with Gasteiger partial charge in [-0.05, 0) is 53.6 Å². The lowest BCUT2D eigenvalue weighted by atomic mass is 10.1. The molecule has 380 valence electrons. The van der Waals surface area contributed by atoms with Crippen LogP contribution in [-0.4, -0.2) is 70.3 Å². The highest BCUT2D eigenvalue weighted by Crippen LogP contribution is 2.28. The SMILES string of the molecule is CC.CC.CC.CC.CC.CC.CC.CC.CNC(=O)Nc1ccc(Oc2ccc(-c3cnn4cccnc34)cc2)nc1.CNC(=O)Nc1cnc(Oc2ccc(-c3cnn4cccnc34)cc2)nc1. The van der Waals surface area contributed by atoms with Crippen LogP contribution in [0, 0.1) is 0 Å². The van der Waals surface area contributed by atoms with E-state index in [9.17, 15) is 9.59 Å². The van der Waals surface area contributed by atoms with E-state index in [1.807, 2.05) is 184 Å². The molecule has 4 amide bonds. The summed E-state index contributed by atoms with van der Waals surface area (Å²) in [6.45, 7) is 32.0. The fourth-order valence-corrected chi connectivity index (χ4v) is 5.03. The minimum absolute atomic E-state index is 0.183. The van der Waals surface area contributed by atoms with Crippen molar-refractivity contribution in [3.05, 3.63) is 129 Å². The highest BCUT2D eigenvalue weighted by molar-refractivity contribution is 5.89. The van der Waals surface area contributed by atoms with Crippen molar-refractivity contribution >= 4 is 34.7 Å². The number of pyridine rings is 1. The van der Waals surface area contributed by atoms with Crippen LogP contribution in [0.2, 0.25) is 0 Å². The summed E-state index contributed by atoms with van der Waals surface area (Å²) in [7, 11) is 3.08. The molecule has 0 bridgehead atoms. The Kier molecular flexibility index (Phi) is 36.8. The van der Waals surface area contributed by atoms with Gasteiger partial charge in [0.1, 0.15) is 11.5 Å². The molecule has 8 aromatic rings. The average Bonchev–Trinajstić information content (AvgIpc) is 4.10. The standard InChI is InChI=1S/C19H16N6O2.C18H15N7O2.8C2H6/c1-20-19(26)24-14-5-8-17(22-11-14)27-15-6-3-13(4-7-15)16-12-23-25-10-2-9-21-18(16)25;1-19-17(26)24-13-9-21-18(22-10-13)27-14-5-3-12(4-6-14)15-11-23-25-8-2-7-20-16(15)25;8*1-2/h2-12H,1H3,(H2,20,24,26);2-11H,1H3,(H2,19,24,26);8*1-2H3. The van der Waals surface area contributed by atoms with Crippen molar-refractivity contribution in [2.75, 3.05) is 24.7 Å². The molecule has 8 rings (SSSR count). The minimum atomic E-state index is -0.343. The molecule has 0 unspecified atom stereocenters. The van der Waals surface area contributed by atoms with E-state index in [4.69, 9.17) is 9.47 Å². The van der Waals surface area contributed by atoms with E-state index in [1.54, 1.807) is 53.0 Å². The lowest BCUT2D eigenvalue weighted by Crippen LogP contribution is -2.24. The zero-order chi connectivity index (χ0) is 53.3. The van der Waals surface area contributed by atoms with Gasteiger partial charge in [0.05, 0.1) is 42.4 Å². The predicted octanol–water partition coefficient (Wildman–Crippen LogP) is 14.3. The van der Waals surface area contributed by atoms with Crippen LogP contribution in [0.5, 0.6) is 23.4 Å². The number of hydrogen-bond donors (Lipinski definition) is 4. The Balaban J connectivity index is 0. The van der Waals surface area contributed by atoms with Crippen LogP contribution in [0.3, 0.4) is 0 Å². The van der Waals surface area contributed by atoms with Gasteiger partial charge >= 0.3 is 18.1 Å². The van der Waals surface area contributed by atoms with Crippen molar-refractivity contribution in [2.45, 2.75) is 111 Å². The molecule has 0 saturated heterocycles. The number of aromatic nitrogens is 9. The van der Waals surface area contributed by atoms with Crippen LogP contribution in [0.25, 0.3) is 33.5 Å². The molecule has 0 atom stereocenters. The van der Waals surface area contributed by atoms with Crippen LogP contribution in [0.1, 0.15) is 111 Å². The van der Waals surface area contributed by atoms with Crippen LogP contribution >= 0.6 is 0 Å². The number of nitrogens with one attached hydrogen (secondary N) is 4. The second kappa shape index (κ2) is 40.1. The third-order valence-corrected chi connectivity index (χ3v) is 7.66. The largest absolute Gasteiger partial charge is 0.439 e. The quantitative estimate of drug-likeness (QED) is 0.113. The van der Waals surface area contributed by atoms with Crippen LogP contribution in [0.15, 0.2) is 129 Å². The summed E-state index contributed by atoms with van der Waals surface area (Å²) < 4.78 is 14.8. The first-order valence-electron chi connectivity index (χ1n) is 24.3. The first kappa shape index (κ1) is 64.1. The number of carbonyl (C=O) groups is 2. The molecule has 0 aliphatic heterocycles. The first-order valence-corrected chi connectivity index (χ1v) is 24.3. The fourth-order valence-electron chi connectivity index (χ4n) is 5.03. The monoisotopic (exact) mass is 962 g/mol. The number of benzene rings is 2. The van der Waals surface area contributed by atoms with Crippen LogP contribution < -0.4 is 30.7 Å². The maximum atomic E-state index is 11.3. The van der Waals surface area contributed by atoms with E-state index in [-0.39, 0.29) is 18.1 Å². The highest BCUT2D eigenvalue weighted by Gasteiger charge is 2.10. The maximum Gasteiger partial charge on any atom is 0.322 e. The summed E-state index contributed by atoms with van der Waals surface area (Å²) in [5, 5.41) is 18.7. The molecule has 0 fully saturated rings. The molecule has 0 aliphatic rings. The minimum Gasteiger partial charge on any atom is -0.439 e. The van der Waals surface area contributed by atoms with E-state index in [0.717, 1.165) is 33.5 Å². The van der Waals surface area contributed by atoms with Gasteiger partial charge in [0.2, 0.25) is 5.88 Å². The van der Waals surface area contributed by atoms with Crippen LogP contribution in [0.4, 0.5) is 21.0 Å². The van der Waals surface area contributed by atoms with Crippen molar-refractivity contribution in [1.29, 1.82) is 0 Å². The van der Waals surface area contributed by atoms with Crippen LogP contribution in [-0.2, 0) is 0 Å². The fraction of sp³-hybridized carbons (Fsp3) is 0.340. The molecule has 6 aromatic heterocycles. The van der Waals surface area contributed by atoms with Crippen molar-refractivity contribution in [3.8, 4) is 45.6 Å². The molecule has 0 radical (unpaired) electrons. The third kappa shape index (κ3) is 20.9. The van der Waals surface area contributed by atoms with Gasteiger partial charge in [0.25, 0.3) is 0 Å². The summed E-state index contributed by atoms with van der Waals surface area (Å²) in [5.41, 5.74) is 6.49. The topological polar surface area (TPSA) is 200 Å². The molecule has 0 aliphatic carbocycles. The second-order valence-corrected chi connectivity index (χ2v) is 11.2. The zero-order valence-electron chi connectivity index (χ0n) is 44.8. The van der Waals surface area contributed by atoms with Gasteiger partial charge in [0, 0.05) is 56.1 Å². The second-order valence-electron chi connectivity index (χ2n) is 11.2. The van der Waals surface area contributed by atoms with Crippen molar-refractivity contribution < 1.29 is 19.1 Å². The van der Waals surface area contributed by atoms with Gasteiger partial charge in [-0.3, -0.25) is 0 Å². The maximum absolute atomic E-state index is 11.3. The molecule has 70 heavy (non-hydrogen) atoms. The zero-order valence-corrected chi connectivity index (χ0v) is 44.8. The summed E-state index contributed by atoms with van der Waals surface area (Å²) >= 11 is 0. The Morgan fingerprint density at radius 1 is 0.443 bits per heavy atom. The van der Waals surface area contributed by atoms with Gasteiger partial charge in [-0.15, -0.1) is 0 Å². The number of fused-ring (bicyclic) bond motifs is 2. The van der Waals surface area contributed by atoms with E-state index in [0.29, 0.717) is 28.8 Å². The third-order valence-electron chi connectivity index (χ3n) is 7.66. The molecule has 17 heteroatoms. The number of urea groups is 2. The van der Waals surface area contributed by atoms with Gasteiger partial charge in [-0.2, -0.15) is 10.2 Å². The number of ether oxygens (including phenoxy) is 2. The lowest BCUT2D eigenvalue weighted by molar-refractivity contribution is 0.253. The summed E-state index contributed by atoms with van der Waals surface area (Å²) in [6, 6.07) is 21.7. The molecular formula is C53H79N13O4. The summed E-state index contributed by atoms with van der Waals surface area (Å²) in [6.07, 6.45) is 15.2. The molecule has 0 spiro atoms. The van der Waals surface area contributed by atoms with Crippen molar-refractivity contribution in [3.63, 3.8) is 0 Å². The molecule has 17 nitrogen and oxygen atoms in total. The Hall–Kier alpha value is -7.95. The predicted molar refractivity (Wildman–Crippen MR) is 290 cm³/mol. The summed E-state index contributed by atoms with van der Waals surface area (Å²) in [5.74, 6) is 1.68. The van der Waals surface area contributed by atoms with Gasteiger partial charge in [0.15, 0.2) is 11.3 Å². The van der Waals surface area contributed by atoms with E-state index in [1.165, 1.54) is 25.6 Å². The Morgan fingerprint density at radius 3 is 1.21 bits per heavy atom. The lowest BCUT2D eigenvalue weighted by Gasteiger charge is -2.07. The number of nitrogens with zero attached hydrogens (tertiary/aromatic N) is 9. The molecule has 2 aromatic carbocycles. The van der Waals surface area contributed by atoms with Gasteiger partial charge in [-0.1, -0.05) is 135 Å². The van der Waals surface area contributed by atoms with E-state index < -0.39 is 0 Å². The first-order chi connectivity index (χ1) is 34.4. The van der Waals surface area contributed by atoms with E-state index in [2.05, 4.69) is 56.4 Å². The highest BCUT2D eigenvalue weighted by atomic mass is 16.5. The van der Waals surface area contributed by atoms with Crippen molar-refractivity contribution in [2.24, 2.45) is 0 Å². The van der Waals surface area contributed by atoms with Gasteiger partial charge in [-0.25, -0.2) is 43.5 Å².